The lowest BCUT2D eigenvalue weighted by Gasteiger charge is -2.35. The van der Waals surface area contributed by atoms with Crippen molar-refractivity contribution in [1.82, 2.24) is 4.90 Å². The molecule has 0 aromatic rings. The molecule has 0 unspecified atom stereocenters. The first kappa shape index (κ1) is 13.6. The second kappa shape index (κ2) is 7.60. The average Bonchev–Trinajstić information content (AvgIpc) is 2.39. The predicted octanol–water partition coefficient (Wildman–Crippen LogP) is 3.29. The van der Waals surface area contributed by atoms with Crippen molar-refractivity contribution in [2.24, 2.45) is 5.92 Å². The van der Waals surface area contributed by atoms with Crippen molar-refractivity contribution in [3.05, 3.63) is 0 Å². The molecule has 1 aliphatic heterocycles. The molecule has 2 fully saturated rings. The fraction of sp³-hybridized carbons (Fsp3) is 1.00. The van der Waals surface area contributed by atoms with E-state index in [9.17, 15) is 0 Å². The quantitative estimate of drug-likeness (QED) is 0.703. The summed E-state index contributed by atoms with van der Waals surface area (Å²) in [5, 5.41) is 0. The number of halogens is 1. The monoisotopic (exact) mass is 259 g/mol. The van der Waals surface area contributed by atoms with Crippen molar-refractivity contribution < 1.29 is 4.74 Å². The highest BCUT2D eigenvalue weighted by Crippen LogP contribution is 2.25. The van der Waals surface area contributed by atoms with Crippen molar-refractivity contribution in [3.8, 4) is 0 Å². The van der Waals surface area contributed by atoms with E-state index in [0.717, 1.165) is 12.5 Å². The molecule has 0 atom stereocenters. The van der Waals surface area contributed by atoms with Gasteiger partial charge in [-0.3, -0.25) is 0 Å². The van der Waals surface area contributed by atoms with Crippen molar-refractivity contribution >= 4 is 11.6 Å². The number of hydrogen-bond acceptors (Lipinski definition) is 2. The van der Waals surface area contributed by atoms with Gasteiger partial charge in [-0.05, 0) is 31.6 Å². The number of ether oxygens (including phenoxy) is 1. The third-order valence-corrected chi connectivity index (χ3v) is 4.36. The molecule has 100 valence electrons. The highest BCUT2D eigenvalue weighted by molar-refractivity contribution is 6.17. The topological polar surface area (TPSA) is 12.5 Å². The van der Waals surface area contributed by atoms with E-state index in [1.807, 2.05) is 0 Å². The molecule has 1 saturated heterocycles. The average molecular weight is 260 g/mol. The second-order valence-corrected chi connectivity index (χ2v) is 5.94. The Balaban J connectivity index is 1.61. The van der Waals surface area contributed by atoms with Gasteiger partial charge in [-0.25, -0.2) is 0 Å². The van der Waals surface area contributed by atoms with Gasteiger partial charge in [0.15, 0.2) is 0 Å². The summed E-state index contributed by atoms with van der Waals surface area (Å²) in [6, 6.07) is 0. The Kier molecular flexibility index (Phi) is 6.10. The zero-order valence-electron chi connectivity index (χ0n) is 10.9. The minimum absolute atomic E-state index is 0.469. The van der Waals surface area contributed by atoms with Gasteiger partial charge in [-0.2, -0.15) is 0 Å². The van der Waals surface area contributed by atoms with Crippen LogP contribution in [0.2, 0.25) is 0 Å². The molecule has 0 spiro atoms. The molecule has 3 heteroatoms. The minimum Gasteiger partial charge on any atom is -0.377 e. The van der Waals surface area contributed by atoms with Gasteiger partial charge in [0.2, 0.25) is 0 Å². The van der Waals surface area contributed by atoms with Crippen molar-refractivity contribution in [2.45, 2.75) is 51.0 Å². The molecule has 1 aliphatic carbocycles. The summed E-state index contributed by atoms with van der Waals surface area (Å²) in [4.78, 5) is 2.65. The fourth-order valence-electron chi connectivity index (χ4n) is 3.20. The van der Waals surface area contributed by atoms with Crippen LogP contribution in [0.25, 0.3) is 0 Å². The number of piperidine rings is 1. The summed E-state index contributed by atoms with van der Waals surface area (Å²) in [6.45, 7) is 4.50. The molecular formula is C14H26ClNO. The van der Waals surface area contributed by atoms with Crippen LogP contribution in [0, 0.1) is 5.92 Å². The largest absolute Gasteiger partial charge is 0.377 e. The molecule has 2 rings (SSSR count). The van der Waals surface area contributed by atoms with Crippen LogP contribution in [-0.2, 0) is 4.74 Å². The summed E-state index contributed by atoms with van der Waals surface area (Å²) in [5.74, 6) is 1.60. The lowest BCUT2D eigenvalue weighted by molar-refractivity contribution is 0.0107. The minimum atomic E-state index is 0.469. The van der Waals surface area contributed by atoms with Gasteiger partial charge >= 0.3 is 0 Å². The van der Waals surface area contributed by atoms with Crippen molar-refractivity contribution in [2.75, 3.05) is 32.1 Å². The van der Waals surface area contributed by atoms with Gasteiger partial charge < -0.3 is 9.64 Å². The first-order valence-corrected chi connectivity index (χ1v) is 7.82. The molecule has 0 aromatic heterocycles. The summed E-state index contributed by atoms with van der Waals surface area (Å²) < 4.78 is 5.71. The molecular weight excluding hydrogens is 234 g/mol. The van der Waals surface area contributed by atoms with Gasteiger partial charge in [0, 0.05) is 25.5 Å². The molecule has 0 N–H and O–H groups in total. The van der Waals surface area contributed by atoms with Crippen LogP contribution in [0.4, 0.5) is 0 Å². The van der Waals surface area contributed by atoms with Crippen LogP contribution in [-0.4, -0.2) is 43.1 Å². The molecule has 0 radical (unpaired) electrons. The van der Waals surface area contributed by atoms with Crippen LogP contribution < -0.4 is 0 Å². The Labute approximate surface area is 111 Å². The summed E-state index contributed by atoms with van der Waals surface area (Å²) >= 11 is 5.64. The highest BCUT2D eigenvalue weighted by atomic mass is 35.5. The van der Waals surface area contributed by atoms with Crippen molar-refractivity contribution in [1.29, 1.82) is 0 Å². The molecule has 1 heterocycles. The maximum absolute atomic E-state index is 5.71. The van der Waals surface area contributed by atoms with Gasteiger partial charge in [0.1, 0.15) is 0 Å². The van der Waals surface area contributed by atoms with Crippen LogP contribution in [0.5, 0.6) is 0 Å². The predicted molar refractivity (Wildman–Crippen MR) is 72.7 cm³/mol. The van der Waals surface area contributed by atoms with Gasteiger partial charge in [-0.15, -0.1) is 11.6 Å². The molecule has 0 bridgehead atoms. The van der Waals surface area contributed by atoms with E-state index in [2.05, 4.69) is 4.90 Å². The molecule has 2 nitrogen and oxygen atoms in total. The zero-order valence-corrected chi connectivity index (χ0v) is 11.6. The fourth-order valence-corrected chi connectivity index (χ4v) is 3.29. The Morgan fingerprint density at radius 2 is 1.71 bits per heavy atom. The lowest BCUT2D eigenvalue weighted by Crippen LogP contribution is -2.40. The third kappa shape index (κ3) is 4.76. The molecule has 1 saturated carbocycles. The van der Waals surface area contributed by atoms with Gasteiger partial charge in [0.05, 0.1) is 12.7 Å². The van der Waals surface area contributed by atoms with E-state index >= 15 is 0 Å². The Hall–Kier alpha value is 0.210. The number of nitrogens with zero attached hydrogens (tertiary/aromatic N) is 1. The first-order valence-electron chi connectivity index (χ1n) is 7.28. The second-order valence-electron chi connectivity index (χ2n) is 5.56. The molecule has 0 aromatic carbocycles. The van der Waals surface area contributed by atoms with Crippen LogP contribution in [0.15, 0.2) is 0 Å². The molecule has 0 amide bonds. The van der Waals surface area contributed by atoms with E-state index < -0.39 is 0 Å². The maximum Gasteiger partial charge on any atom is 0.0605 e. The van der Waals surface area contributed by atoms with E-state index in [1.54, 1.807) is 0 Å². The zero-order chi connectivity index (χ0) is 11.9. The first-order chi connectivity index (χ1) is 8.38. The number of hydrogen-bond donors (Lipinski definition) is 0. The maximum atomic E-state index is 5.71. The van der Waals surface area contributed by atoms with E-state index in [-0.39, 0.29) is 0 Å². The number of likely N-dealkylation sites (tertiary alicyclic amines) is 1. The van der Waals surface area contributed by atoms with Crippen molar-refractivity contribution in [3.63, 3.8) is 0 Å². The van der Waals surface area contributed by atoms with Crippen LogP contribution in [0.1, 0.15) is 44.9 Å². The van der Waals surface area contributed by atoms with Crippen LogP contribution in [0.3, 0.4) is 0 Å². The molecule has 17 heavy (non-hydrogen) atoms. The summed E-state index contributed by atoms with van der Waals surface area (Å²) in [6.07, 6.45) is 10.2. The smallest absolute Gasteiger partial charge is 0.0605 e. The van der Waals surface area contributed by atoms with E-state index in [1.165, 1.54) is 64.6 Å². The van der Waals surface area contributed by atoms with Crippen LogP contribution >= 0.6 is 11.6 Å². The number of alkyl halides is 1. The van der Waals surface area contributed by atoms with E-state index in [0.29, 0.717) is 12.0 Å². The Morgan fingerprint density at radius 3 is 2.35 bits per heavy atom. The van der Waals surface area contributed by atoms with Gasteiger partial charge in [0.25, 0.3) is 0 Å². The molecule has 2 aliphatic rings. The lowest BCUT2D eigenvalue weighted by atomic mass is 9.88. The summed E-state index contributed by atoms with van der Waals surface area (Å²) in [5.41, 5.74) is 0. The van der Waals surface area contributed by atoms with E-state index in [4.69, 9.17) is 16.3 Å². The van der Waals surface area contributed by atoms with Gasteiger partial charge in [-0.1, -0.05) is 19.3 Å². The standard InChI is InChI=1S/C14H26ClNO/c15-8-11-17-14-6-9-16(10-7-14)12-13-4-2-1-3-5-13/h13-14H,1-12H2. The Morgan fingerprint density at radius 1 is 1.00 bits per heavy atom. The third-order valence-electron chi connectivity index (χ3n) is 4.21. The Bertz CT molecular complexity index is 198. The highest BCUT2D eigenvalue weighted by Gasteiger charge is 2.22. The summed E-state index contributed by atoms with van der Waals surface area (Å²) in [7, 11) is 0. The number of rotatable bonds is 5. The SMILES string of the molecule is ClCCOC1CCN(CC2CCCCC2)CC1. The normalized spacial score (nSPS) is 25.2.